The van der Waals surface area contributed by atoms with Gasteiger partial charge in [-0.2, -0.15) is 5.10 Å². The first kappa shape index (κ1) is 11.0. The summed E-state index contributed by atoms with van der Waals surface area (Å²) in [7, 11) is 0. The Morgan fingerprint density at radius 3 is 2.79 bits per heavy atom. The summed E-state index contributed by atoms with van der Waals surface area (Å²) in [6, 6.07) is 0. The van der Waals surface area contributed by atoms with E-state index in [4.69, 9.17) is 11.6 Å². The molecule has 0 aliphatic carbocycles. The van der Waals surface area contributed by atoms with Gasteiger partial charge in [-0.15, -0.1) is 11.6 Å². The van der Waals surface area contributed by atoms with Crippen molar-refractivity contribution in [1.82, 2.24) is 21.0 Å². The second-order valence-electron chi connectivity index (χ2n) is 2.23. The molecule has 0 aliphatic rings. The van der Waals surface area contributed by atoms with Crippen molar-refractivity contribution < 1.29 is 9.59 Å². The Hall–Kier alpha value is -1.08. The summed E-state index contributed by atoms with van der Waals surface area (Å²) < 4.78 is 0.509. The Morgan fingerprint density at radius 1 is 1.57 bits per heavy atom. The zero-order valence-corrected chi connectivity index (χ0v) is 9.15. The van der Waals surface area contributed by atoms with E-state index in [1.807, 2.05) is 0 Å². The molecule has 0 fully saturated rings. The minimum absolute atomic E-state index is 0.218. The van der Waals surface area contributed by atoms with Crippen molar-refractivity contribution in [2.45, 2.75) is 0 Å². The number of aromatic amines is 1. The SMILES string of the molecule is O=C(CCl)NNC(=O)c1[nH]ncc1Br. The van der Waals surface area contributed by atoms with Crippen LogP contribution in [0.2, 0.25) is 0 Å². The van der Waals surface area contributed by atoms with Crippen molar-refractivity contribution in [2.24, 2.45) is 0 Å². The van der Waals surface area contributed by atoms with Crippen molar-refractivity contribution in [3.05, 3.63) is 16.4 Å². The van der Waals surface area contributed by atoms with E-state index in [1.54, 1.807) is 0 Å². The number of nitrogens with zero attached hydrogens (tertiary/aromatic N) is 1. The van der Waals surface area contributed by atoms with Gasteiger partial charge in [0, 0.05) is 0 Å². The van der Waals surface area contributed by atoms with Crippen LogP contribution < -0.4 is 10.9 Å². The van der Waals surface area contributed by atoms with Gasteiger partial charge in [-0.3, -0.25) is 25.5 Å². The number of rotatable bonds is 2. The molecular formula is C6H6BrClN4O2. The third-order valence-electron chi connectivity index (χ3n) is 1.26. The molecule has 1 aromatic rings. The van der Waals surface area contributed by atoms with Gasteiger partial charge in [-0.25, -0.2) is 0 Å². The fourth-order valence-corrected chi connectivity index (χ4v) is 1.09. The van der Waals surface area contributed by atoms with Gasteiger partial charge in [0.2, 0.25) is 0 Å². The third-order valence-corrected chi connectivity index (χ3v) is 2.10. The van der Waals surface area contributed by atoms with E-state index in [0.717, 1.165) is 0 Å². The lowest BCUT2D eigenvalue weighted by molar-refractivity contribution is -0.119. The van der Waals surface area contributed by atoms with Crippen molar-refractivity contribution >= 4 is 39.3 Å². The molecule has 1 heterocycles. The molecule has 2 amide bonds. The van der Waals surface area contributed by atoms with Crippen LogP contribution in [0.25, 0.3) is 0 Å². The Balaban J connectivity index is 2.52. The molecule has 0 aliphatic heterocycles. The fraction of sp³-hybridized carbons (Fsp3) is 0.167. The summed E-state index contributed by atoms with van der Waals surface area (Å²) in [5, 5.41) is 6.07. The maximum Gasteiger partial charge on any atom is 0.288 e. The topological polar surface area (TPSA) is 86.9 Å². The van der Waals surface area contributed by atoms with Gasteiger partial charge in [-0.05, 0) is 15.9 Å². The summed E-state index contributed by atoms with van der Waals surface area (Å²) in [4.78, 5) is 22.0. The van der Waals surface area contributed by atoms with Crippen LogP contribution in [0.15, 0.2) is 10.7 Å². The number of aromatic nitrogens is 2. The van der Waals surface area contributed by atoms with Crippen molar-refractivity contribution in [3.63, 3.8) is 0 Å². The molecule has 0 atom stereocenters. The van der Waals surface area contributed by atoms with Gasteiger partial charge in [-0.1, -0.05) is 0 Å². The average molecular weight is 281 g/mol. The summed E-state index contributed by atoms with van der Waals surface area (Å²) in [5.41, 5.74) is 4.48. The van der Waals surface area contributed by atoms with Crippen molar-refractivity contribution in [3.8, 4) is 0 Å². The number of hydrogen-bond acceptors (Lipinski definition) is 3. The van der Waals surface area contributed by atoms with Gasteiger partial charge in [0.25, 0.3) is 11.8 Å². The minimum Gasteiger partial charge on any atom is -0.272 e. The maximum absolute atomic E-state index is 11.3. The highest BCUT2D eigenvalue weighted by molar-refractivity contribution is 9.10. The fourth-order valence-electron chi connectivity index (χ4n) is 0.653. The lowest BCUT2D eigenvalue weighted by atomic mass is 10.4. The highest BCUT2D eigenvalue weighted by atomic mass is 79.9. The van der Waals surface area contributed by atoms with Gasteiger partial charge in [0.15, 0.2) is 0 Å². The largest absolute Gasteiger partial charge is 0.288 e. The molecule has 0 unspecified atom stereocenters. The first-order valence-electron chi connectivity index (χ1n) is 3.49. The van der Waals surface area contributed by atoms with Crippen LogP contribution in [0.1, 0.15) is 10.5 Å². The van der Waals surface area contributed by atoms with E-state index in [1.165, 1.54) is 6.20 Å². The molecule has 0 spiro atoms. The molecule has 14 heavy (non-hydrogen) atoms. The van der Waals surface area contributed by atoms with Crippen LogP contribution in [-0.4, -0.2) is 27.9 Å². The zero-order valence-electron chi connectivity index (χ0n) is 6.80. The molecule has 76 valence electrons. The number of hydrazine groups is 1. The van der Waals surface area contributed by atoms with E-state index in [2.05, 4.69) is 37.0 Å². The second-order valence-corrected chi connectivity index (χ2v) is 3.35. The Morgan fingerprint density at radius 2 is 2.29 bits per heavy atom. The van der Waals surface area contributed by atoms with E-state index in [-0.39, 0.29) is 11.6 Å². The van der Waals surface area contributed by atoms with Crippen molar-refractivity contribution in [1.29, 1.82) is 0 Å². The molecule has 3 N–H and O–H groups in total. The molecule has 1 rings (SSSR count). The molecule has 0 radical (unpaired) electrons. The maximum atomic E-state index is 11.3. The summed E-state index contributed by atoms with van der Waals surface area (Å²) in [6.07, 6.45) is 1.43. The van der Waals surface area contributed by atoms with Crippen LogP contribution in [0.4, 0.5) is 0 Å². The van der Waals surface area contributed by atoms with Crippen LogP contribution >= 0.6 is 27.5 Å². The van der Waals surface area contributed by atoms with E-state index in [0.29, 0.717) is 4.47 Å². The first-order valence-corrected chi connectivity index (χ1v) is 4.82. The number of alkyl halides is 1. The van der Waals surface area contributed by atoms with Crippen LogP contribution in [0.3, 0.4) is 0 Å². The molecule has 0 saturated heterocycles. The summed E-state index contributed by atoms with van der Waals surface area (Å²) in [5.74, 6) is -1.21. The minimum atomic E-state index is -0.507. The predicted octanol–water partition coefficient (Wildman–Crippen LogP) is 0.172. The molecule has 0 bridgehead atoms. The van der Waals surface area contributed by atoms with Crippen LogP contribution in [0.5, 0.6) is 0 Å². The monoisotopic (exact) mass is 280 g/mol. The smallest absolute Gasteiger partial charge is 0.272 e. The van der Waals surface area contributed by atoms with E-state index in [9.17, 15) is 9.59 Å². The molecule has 6 nitrogen and oxygen atoms in total. The summed E-state index contributed by atoms with van der Waals surface area (Å²) >= 11 is 8.30. The quantitative estimate of drug-likeness (QED) is 0.533. The predicted molar refractivity (Wildman–Crippen MR) is 52.6 cm³/mol. The Bertz CT molecular complexity index is 353. The van der Waals surface area contributed by atoms with Gasteiger partial charge in [0.1, 0.15) is 11.6 Å². The lowest BCUT2D eigenvalue weighted by Crippen LogP contribution is -2.42. The third kappa shape index (κ3) is 2.71. The number of halogens is 2. The first-order chi connectivity index (χ1) is 6.65. The Labute approximate surface area is 92.5 Å². The number of carbonyl (C=O) groups excluding carboxylic acids is 2. The Kier molecular flexibility index (Phi) is 3.90. The number of hydrogen-bond donors (Lipinski definition) is 3. The molecular weight excluding hydrogens is 275 g/mol. The highest BCUT2D eigenvalue weighted by Crippen LogP contribution is 2.11. The molecule has 0 saturated carbocycles. The molecule has 8 heteroatoms. The van der Waals surface area contributed by atoms with E-state index >= 15 is 0 Å². The zero-order chi connectivity index (χ0) is 10.6. The molecule has 1 aromatic heterocycles. The van der Waals surface area contributed by atoms with E-state index < -0.39 is 11.8 Å². The average Bonchev–Trinajstić information content (AvgIpc) is 2.60. The molecule has 0 aromatic carbocycles. The van der Waals surface area contributed by atoms with Crippen LogP contribution in [0, 0.1) is 0 Å². The van der Waals surface area contributed by atoms with Crippen LogP contribution in [-0.2, 0) is 4.79 Å². The highest BCUT2D eigenvalue weighted by Gasteiger charge is 2.11. The van der Waals surface area contributed by atoms with Gasteiger partial charge >= 0.3 is 0 Å². The number of carbonyl (C=O) groups is 2. The van der Waals surface area contributed by atoms with Gasteiger partial charge < -0.3 is 0 Å². The normalized spacial score (nSPS) is 9.57. The number of amides is 2. The number of nitrogens with one attached hydrogen (secondary N) is 3. The van der Waals surface area contributed by atoms with Gasteiger partial charge in [0.05, 0.1) is 10.7 Å². The lowest BCUT2D eigenvalue weighted by Gasteiger charge is -2.03. The summed E-state index contributed by atoms with van der Waals surface area (Å²) in [6.45, 7) is 0. The second kappa shape index (κ2) is 4.97. The standard InChI is InChI=1S/C6H6BrClN4O2/c7-3-2-9-11-5(3)6(14)12-10-4(13)1-8/h2H,1H2,(H,9,11)(H,10,13)(H,12,14). The number of H-pyrrole nitrogens is 1. The van der Waals surface area contributed by atoms with Crippen molar-refractivity contribution in [2.75, 3.05) is 5.88 Å².